The number of pyridine rings is 2. The molecule has 3 aromatic rings. The summed E-state index contributed by atoms with van der Waals surface area (Å²) in [6.45, 7) is 3.94. The Balaban J connectivity index is 2.21. The van der Waals surface area contributed by atoms with Gasteiger partial charge in [-0.1, -0.05) is 13.8 Å². The molecule has 2 heterocycles. The van der Waals surface area contributed by atoms with E-state index in [0.29, 0.717) is 5.69 Å². The van der Waals surface area contributed by atoms with Gasteiger partial charge in [-0.05, 0) is 35.6 Å². The Kier molecular flexibility index (Phi) is 3.29. The van der Waals surface area contributed by atoms with E-state index in [9.17, 15) is 9.50 Å². The Hall–Kier alpha value is -2.49. The van der Waals surface area contributed by atoms with Gasteiger partial charge in [-0.2, -0.15) is 0 Å². The predicted octanol–water partition coefficient (Wildman–Crippen LogP) is 4.26. The first kappa shape index (κ1) is 13.5. The highest BCUT2D eigenvalue weighted by atomic mass is 19.1. The number of halogens is 1. The van der Waals surface area contributed by atoms with E-state index in [2.05, 4.69) is 9.97 Å². The van der Waals surface area contributed by atoms with Crippen LogP contribution in [0.25, 0.3) is 21.9 Å². The molecule has 1 N–H and O–H groups in total. The van der Waals surface area contributed by atoms with Crippen molar-refractivity contribution in [1.29, 1.82) is 0 Å². The number of nitrogens with zero attached hydrogens (tertiary/aromatic N) is 2. The van der Waals surface area contributed by atoms with Gasteiger partial charge in [-0.25, -0.2) is 4.39 Å². The summed E-state index contributed by atoms with van der Waals surface area (Å²) in [5, 5.41) is 11.7. The molecule has 21 heavy (non-hydrogen) atoms. The molecule has 106 valence electrons. The minimum Gasteiger partial charge on any atom is -0.506 e. The van der Waals surface area contributed by atoms with Crippen LogP contribution in [0.3, 0.4) is 0 Å². The van der Waals surface area contributed by atoms with Gasteiger partial charge in [-0.15, -0.1) is 0 Å². The first-order valence-corrected chi connectivity index (χ1v) is 6.79. The van der Waals surface area contributed by atoms with Gasteiger partial charge in [0.05, 0.1) is 5.69 Å². The molecule has 4 heteroatoms. The minimum absolute atomic E-state index is 0.141. The highest BCUT2D eigenvalue weighted by Crippen LogP contribution is 2.32. The molecule has 0 spiro atoms. The largest absolute Gasteiger partial charge is 0.506 e. The Labute approximate surface area is 122 Å². The van der Waals surface area contributed by atoms with E-state index < -0.39 is 0 Å². The third kappa shape index (κ3) is 2.44. The van der Waals surface area contributed by atoms with Gasteiger partial charge >= 0.3 is 0 Å². The molecular formula is C17H15FN2O. The van der Waals surface area contributed by atoms with Crippen molar-refractivity contribution in [3.05, 3.63) is 54.4 Å². The molecule has 0 atom stereocenters. The average molecular weight is 282 g/mol. The monoisotopic (exact) mass is 282 g/mol. The number of fused-ring (bicyclic) bond motifs is 1. The molecule has 0 amide bonds. The minimum atomic E-state index is -0.300. The molecule has 0 saturated heterocycles. The quantitative estimate of drug-likeness (QED) is 0.763. The van der Waals surface area contributed by atoms with Crippen molar-refractivity contribution in [3.8, 4) is 16.9 Å². The van der Waals surface area contributed by atoms with Crippen LogP contribution < -0.4 is 0 Å². The summed E-state index contributed by atoms with van der Waals surface area (Å²) in [5.74, 6) is -0.0102. The van der Waals surface area contributed by atoms with Crippen LogP contribution in [-0.2, 0) is 0 Å². The van der Waals surface area contributed by atoms with E-state index in [-0.39, 0.29) is 17.5 Å². The number of hydrogen-bond donors (Lipinski definition) is 1. The van der Waals surface area contributed by atoms with Crippen molar-refractivity contribution in [2.45, 2.75) is 19.8 Å². The van der Waals surface area contributed by atoms with E-state index in [4.69, 9.17) is 0 Å². The van der Waals surface area contributed by atoms with Crippen LogP contribution in [0.4, 0.5) is 4.39 Å². The summed E-state index contributed by atoms with van der Waals surface area (Å²) in [4.78, 5) is 8.49. The molecule has 0 fully saturated rings. The van der Waals surface area contributed by atoms with Crippen molar-refractivity contribution >= 4 is 10.8 Å². The Morgan fingerprint density at radius 3 is 2.62 bits per heavy atom. The fraction of sp³-hybridized carbons (Fsp3) is 0.176. The fourth-order valence-electron chi connectivity index (χ4n) is 2.42. The van der Waals surface area contributed by atoms with E-state index in [1.54, 1.807) is 30.7 Å². The van der Waals surface area contributed by atoms with Crippen molar-refractivity contribution in [2.75, 3.05) is 0 Å². The molecule has 0 saturated carbocycles. The van der Waals surface area contributed by atoms with Gasteiger partial charge in [0.1, 0.15) is 11.6 Å². The van der Waals surface area contributed by atoms with Gasteiger partial charge in [0, 0.05) is 35.1 Å². The van der Waals surface area contributed by atoms with Crippen LogP contribution in [0.1, 0.15) is 25.5 Å². The number of benzene rings is 1. The van der Waals surface area contributed by atoms with Crippen LogP contribution in [0.15, 0.2) is 42.9 Å². The number of rotatable bonds is 2. The standard InChI is InChI=1S/C17H15FN2O/c1-10(2)17-16(21)5-12(8-20-17)15-9-19-7-11-3-4-13(18)6-14(11)15/h3-10,21H,1-2H3. The fourth-order valence-corrected chi connectivity index (χ4v) is 2.42. The molecule has 0 unspecified atom stereocenters. The summed E-state index contributed by atoms with van der Waals surface area (Å²) in [6, 6.07) is 6.23. The average Bonchev–Trinajstić information content (AvgIpc) is 2.46. The Morgan fingerprint density at radius 2 is 1.90 bits per heavy atom. The van der Waals surface area contributed by atoms with Crippen LogP contribution >= 0.6 is 0 Å². The molecule has 0 radical (unpaired) electrons. The predicted molar refractivity (Wildman–Crippen MR) is 80.7 cm³/mol. The zero-order chi connectivity index (χ0) is 15.0. The van der Waals surface area contributed by atoms with E-state index in [1.165, 1.54) is 12.1 Å². The second kappa shape index (κ2) is 5.13. The molecular weight excluding hydrogens is 267 g/mol. The third-order valence-corrected chi connectivity index (χ3v) is 3.48. The van der Waals surface area contributed by atoms with E-state index >= 15 is 0 Å². The lowest BCUT2D eigenvalue weighted by Crippen LogP contribution is -1.94. The maximum absolute atomic E-state index is 13.5. The summed E-state index contributed by atoms with van der Waals surface area (Å²) in [5.41, 5.74) is 2.13. The zero-order valence-corrected chi connectivity index (χ0v) is 11.8. The third-order valence-electron chi connectivity index (χ3n) is 3.48. The van der Waals surface area contributed by atoms with E-state index in [1.807, 2.05) is 13.8 Å². The summed E-state index contributed by atoms with van der Waals surface area (Å²) in [6.07, 6.45) is 5.04. The number of hydrogen-bond acceptors (Lipinski definition) is 3. The van der Waals surface area contributed by atoms with Crippen molar-refractivity contribution in [2.24, 2.45) is 0 Å². The van der Waals surface area contributed by atoms with Gasteiger partial charge in [0.2, 0.25) is 0 Å². The first-order valence-electron chi connectivity index (χ1n) is 6.79. The zero-order valence-electron chi connectivity index (χ0n) is 11.8. The summed E-state index contributed by atoms with van der Waals surface area (Å²) < 4.78 is 13.5. The highest BCUT2D eigenvalue weighted by molar-refractivity contribution is 5.95. The molecule has 0 aliphatic heterocycles. The van der Waals surface area contributed by atoms with Crippen molar-refractivity contribution in [1.82, 2.24) is 9.97 Å². The van der Waals surface area contributed by atoms with Gasteiger partial charge in [0.15, 0.2) is 0 Å². The second-order valence-corrected chi connectivity index (χ2v) is 5.34. The molecule has 2 aromatic heterocycles. The van der Waals surface area contributed by atoms with Crippen LogP contribution in [0.5, 0.6) is 5.75 Å². The van der Waals surface area contributed by atoms with Gasteiger partial charge in [0.25, 0.3) is 0 Å². The molecule has 0 bridgehead atoms. The van der Waals surface area contributed by atoms with Crippen molar-refractivity contribution < 1.29 is 9.50 Å². The summed E-state index contributed by atoms with van der Waals surface area (Å²) >= 11 is 0. The smallest absolute Gasteiger partial charge is 0.137 e. The molecule has 3 rings (SSSR count). The van der Waals surface area contributed by atoms with Crippen LogP contribution in [0.2, 0.25) is 0 Å². The van der Waals surface area contributed by atoms with Crippen LogP contribution in [0, 0.1) is 5.82 Å². The first-order chi connectivity index (χ1) is 10.1. The normalized spacial score (nSPS) is 11.2. The Bertz CT molecular complexity index is 815. The molecule has 0 aliphatic rings. The number of aromatic nitrogens is 2. The topological polar surface area (TPSA) is 46.0 Å². The maximum atomic E-state index is 13.5. The second-order valence-electron chi connectivity index (χ2n) is 5.34. The Morgan fingerprint density at radius 1 is 1.10 bits per heavy atom. The highest BCUT2D eigenvalue weighted by Gasteiger charge is 2.11. The lowest BCUT2D eigenvalue weighted by molar-refractivity contribution is 0.460. The van der Waals surface area contributed by atoms with Crippen molar-refractivity contribution in [3.63, 3.8) is 0 Å². The molecule has 0 aliphatic carbocycles. The number of aromatic hydroxyl groups is 1. The van der Waals surface area contributed by atoms with Gasteiger partial charge < -0.3 is 5.11 Å². The maximum Gasteiger partial charge on any atom is 0.137 e. The molecule has 3 nitrogen and oxygen atoms in total. The lowest BCUT2D eigenvalue weighted by atomic mass is 10.0. The van der Waals surface area contributed by atoms with E-state index in [0.717, 1.165) is 21.9 Å². The lowest BCUT2D eigenvalue weighted by Gasteiger charge is -2.10. The van der Waals surface area contributed by atoms with Gasteiger partial charge in [-0.3, -0.25) is 9.97 Å². The van der Waals surface area contributed by atoms with Crippen LogP contribution in [-0.4, -0.2) is 15.1 Å². The SMILES string of the molecule is CC(C)c1ncc(-c2cncc3ccc(F)cc23)cc1O. The summed E-state index contributed by atoms with van der Waals surface area (Å²) in [7, 11) is 0. The molecule has 1 aromatic carbocycles.